The maximum absolute atomic E-state index is 12.2. The molecule has 2 aromatic rings. The summed E-state index contributed by atoms with van der Waals surface area (Å²) in [6, 6.07) is 17.0. The highest BCUT2D eigenvalue weighted by atomic mass is 32.2. The molecule has 5 nitrogen and oxygen atoms in total. The van der Waals surface area contributed by atoms with E-state index in [-0.39, 0.29) is 18.9 Å². The van der Waals surface area contributed by atoms with Gasteiger partial charge in [0, 0.05) is 32.0 Å². The highest BCUT2D eigenvalue weighted by Crippen LogP contribution is 2.10. The van der Waals surface area contributed by atoms with Crippen LogP contribution >= 0.6 is 0 Å². The van der Waals surface area contributed by atoms with Crippen LogP contribution in [0.2, 0.25) is 0 Å². The topological polar surface area (TPSA) is 66.5 Å². The van der Waals surface area contributed by atoms with E-state index in [2.05, 4.69) is 4.72 Å². The Bertz CT molecular complexity index is 862. The van der Waals surface area contributed by atoms with Gasteiger partial charge in [-0.3, -0.25) is 4.79 Å². The average molecular weight is 372 g/mol. The normalized spacial score (nSPS) is 11.6. The Hall–Kier alpha value is -2.44. The molecule has 1 N–H and O–H groups in total. The Kier molecular flexibility index (Phi) is 7.12. The van der Waals surface area contributed by atoms with Gasteiger partial charge < -0.3 is 4.90 Å². The van der Waals surface area contributed by atoms with E-state index in [9.17, 15) is 13.2 Å². The number of rotatable bonds is 8. The first kappa shape index (κ1) is 19.9. The van der Waals surface area contributed by atoms with E-state index < -0.39 is 10.0 Å². The molecular weight excluding hydrogens is 348 g/mol. The van der Waals surface area contributed by atoms with Crippen molar-refractivity contribution in [1.82, 2.24) is 9.62 Å². The average Bonchev–Trinajstić information content (AvgIpc) is 2.62. The summed E-state index contributed by atoms with van der Waals surface area (Å²) in [7, 11) is -1.85. The second kappa shape index (κ2) is 9.31. The number of sulfonamides is 1. The summed E-state index contributed by atoms with van der Waals surface area (Å²) in [5, 5.41) is 1.11. The Morgan fingerprint density at radius 1 is 1.08 bits per heavy atom. The maximum atomic E-state index is 12.2. The fraction of sp³-hybridized carbons (Fsp3) is 0.250. The zero-order valence-corrected chi connectivity index (χ0v) is 15.9. The van der Waals surface area contributed by atoms with Gasteiger partial charge in [-0.1, -0.05) is 54.6 Å². The summed E-state index contributed by atoms with van der Waals surface area (Å²) in [4.78, 5) is 13.8. The van der Waals surface area contributed by atoms with Crippen molar-refractivity contribution in [2.24, 2.45) is 0 Å². The quantitative estimate of drug-likeness (QED) is 0.775. The first-order valence-electron chi connectivity index (χ1n) is 8.39. The van der Waals surface area contributed by atoms with Crippen LogP contribution in [0.1, 0.15) is 23.1 Å². The van der Waals surface area contributed by atoms with E-state index >= 15 is 0 Å². The van der Waals surface area contributed by atoms with Crippen LogP contribution in [0.25, 0.3) is 6.08 Å². The second-order valence-corrected chi connectivity index (χ2v) is 7.73. The van der Waals surface area contributed by atoms with Gasteiger partial charge in [-0.15, -0.1) is 0 Å². The number of nitrogens with one attached hydrogen (secondary N) is 1. The van der Waals surface area contributed by atoms with Crippen LogP contribution in [-0.2, 0) is 21.4 Å². The first-order valence-corrected chi connectivity index (χ1v) is 9.93. The standard InChI is InChI=1S/C20H24N2O3S/c1-17-8-6-7-11-19(17)16-22(2)20(23)12-14-21-26(24,25)15-13-18-9-4-3-5-10-18/h3-11,13,15,21H,12,14,16H2,1-2H3/b15-13+. The number of amides is 1. The largest absolute Gasteiger partial charge is 0.341 e. The minimum absolute atomic E-state index is 0.0679. The molecule has 2 rings (SSSR count). The molecule has 2 aromatic carbocycles. The summed E-state index contributed by atoms with van der Waals surface area (Å²) in [5.74, 6) is -0.108. The van der Waals surface area contributed by atoms with Gasteiger partial charge in [-0.05, 0) is 29.7 Å². The molecule has 0 radical (unpaired) electrons. The SMILES string of the molecule is Cc1ccccc1CN(C)C(=O)CCNS(=O)(=O)/C=C/c1ccccc1. The van der Waals surface area contributed by atoms with Gasteiger partial charge in [0.25, 0.3) is 0 Å². The van der Waals surface area contributed by atoms with Gasteiger partial charge >= 0.3 is 0 Å². The molecule has 0 aliphatic heterocycles. The number of hydrogen-bond acceptors (Lipinski definition) is 3. The molecule has 0 saturated heterocycles. The van der Waals surface area contributed by atoms with Gasteiger partial charge in [0.1, 0.15) is 0 Å². The molecule has 26 heavy (non-hydrogen) atoms. The summed E-state index contributed by atoms with van der Waals surface area (Å²) >= 11 is 0. The van der Waals surface area contributed by atoms with Crippen LogP contribution in [0, 0.1) is 6.92 Å². The predicted molar refractivity (Wildman–Crippen MR) is 105 cm³/mol. The molecule has 0 aliphatic rings. The third-order valence-electron chi connectivity index (χ3n) is 3.98. The second-order valence-electron chi connectivity index (χ2n) is 6.08. The number of hydrogen-bond donors (Lipinski definition) is 1. The predicted octanol–water partition coefficient (Wildman–Crippen LogP) is 2.93. The number of nitrogens with zero attached hydrogens (tertiary/aromatic N) is 1. The zero-order valence-electron chi connectivity index (χ0n) is 15.1. The number of carbonyl (C=O) groups is 1. The molecule has 6 heteroatoms. The number of benzene rings is 2. The van der Waals surface area contributed by atoms with Gasteiger partial charge in [-0.2, -0.15) is 0 Å². The Morgan fingerprint density at radius 2 is 1.73 bits per heavy atom. The molecule has 0 aromatic heterocycles. The van der Waals surface area contributed by atoms with E-state index in [1.54, 1.807) is 11.9 Å². The molecule has 0 heterocycles. The van der Waals surface area contributed by atoms with Crippen molar-refractivity contribution in [1.29, 1.82) is 0 Å². The number of carbonyl (C=O) groups excluding carboxylic acids is 1. The highest BCUT2D eigenvalue weighted by Gasteiger charge is 2.12. The van der Waals surface area contributed by atoms with E-state index in [1.165, 1.54) is 6.08 Å². The van der Waals surface area contributed by atoms with Gasteiger partial charge in [0.15, 0.2) is 0 Å². The maximum Gasteiger partial charge on any atom is 0.233 e. The summed E-state index contributed by atoms with van der Waals surface area (Å²) in [6.07, 6.45) is 1.63. The molecule has 0 saturated carbocycles. The summed E-state index contributed by atoms with van der Waals surface area (Å²) in [5.41, 5.74) is 3.00. The molecule has 0 bridgehead atoms. The molecule has 0 atom stereocenters. The molecule has 0 aliphatic carbocycles. The van der Waals surface area contributed by atoms with Crippen LogP contribution < -0.4 is 4.72 Å². The van der Waals surface area contributed by atoms with Crippen molar-refractivity contribution in [3.63, 3.8) is 0 Å². The van der Waals surface area contributed by atoms with Crippen LogP contribution in [0.5, 0.6) is 0 Å². The van der Waals surface area contributed by atoms with Crippen molar-refractivity contribution in [2.75, 3.05) is 13.6 Å². The van der Waals surface area contributed by atoms with Gasteiger partial charge in [-0.25, -0.2) is 13.1 Å². The lowest BCUT2D eigenvalue weighted by Gasteiger charge is -2.18. The number of aryl methyl sites for hydroxylation is 1. The Balaban J connectivity index is 1.81. The van der Waals surface area contributed by atoms with Crippen LogP contribution in [0.4, 0.5) is 0 Å². The molecule has 0 unspecified atom stereocenters. The van der Waals surface area contributed by atoms with Crippen LogP contribution in [0.3, 0.4) is 0 Å². The minimum Gasteiger partial charge on any atom is -0.341 e. The molecule has 0 spiro atoms. The summed E-state index contributed by atoms with van der Waals surface area (Å²) < 4.78 is 26.4. The van der Waals surface area contributed by atoms with Crippen molar-refractivity contribution >= 4 is 22.0 Å². The van der Waals surface area contributed by atoms with Gasteiger partial charge in [0.05, 0.1) is 0 Å². The fourth-order valence-electron chi connectivity index (χ4n) is 2.40. The van der Waals surface area contributed by atoms with Gasteiger partial charge in [0.2, 0.25) is 15.9 Å². The van der Waals surface area contributed by atoms with E-state index in [1.807, 2.05) is 61.5 Å². The first-order chi connectivity index (χ1) is 12.4. The third-order valence-corrected chi connectivity index (χ3v) is 5.08. The molecule has 1 amide bonds. The molecule has 138 valence electrons. The third kappa shape index (κ3) is 6.46. The highest BCUT2D eigenvalue weighted by molar-refractivity contribution is 7.92. The van der Waals surface area contributed by atoms with Crippen molar-refractivity contribution < 1.29 is 13.2 Å². The Labute approximate surface area is 155 Å². The van der Waals surface area contributed by atoms with E-state index in [0.29, 0.717) is 6.54 Å². The molecule has 0 fully saturated rings. The van der Waals surface area contributed by atoms with Crippen LogP contribution in [-0.4, -0.2) is 32.8 Å². The van der Waals surface area contributed by atoms with Crippen molar-refractivity contribution in [3.8, 4) is 0 Å². The molecular formula is C20H24N2O3S. The smallest absolute Gasteiger partial charge is 0.233 e. The van der Waals surface area contributed by atoms with Crippen molar-refractivity contribution in [3.05, 3.63) is 76.7 Å². The monoisotopic (exact) mass is 372 g/mol. The lowest BCUT2D eigenvalue weighted by atomic mass is 10.1. The Morgan fingerprint density at radius 3 is 2.42 bits per heavy atom. The summed E-state index contributed by atoms with van der Waals surface area (Å²) in [6.45, 7) is 2.57. The van der Waals surface area contributed by atoms with E-state index in [0.717, 1.165) is 22.1 Å². The lowest BCUT2D eigenvalue weighted by molar-refractivity contribution is -0.130. The minimum atomic E-state index is -3.57. The van der Waals surface area contributed by atoms with Crippen LogP contribution in [0.15, 0.2) is 60.0 Å². The lowest BCUT2D eigenvalue weighted by Crippen LogP contribution is -2.31. The van der Waals surface area contributed by atoms with E-state index in [4.69, 9.17) is 0 Å². The zero-order chi connectivity index (χ0) is 19.0. The fourth-order valence-corrected chi connectivity index (χ4v) is 3.22. The van der Waals surface area contributed by atoms with Crippen molar-refractivity contribution in [2.45, 2.75) is 19.9 Å².